The van der Waals surface area contributed by atoms with Gasteiger partial charge in [-0.15, -0.1) is 0 Å². The fourth-order valence-electron chi connectivity index (χ4n) is 1.43. The van der Waals surface area contributed by atoms with Crippen molar-refractivity contribution in [2.24, 2.45) is 0 Å². The number of benzene rings is 1. The lowest BCUT2D eigenvalue weighted by molar-refractivity contribution is -0.109. The minimum absolute atomic E-state index is 0.00167. The summed E-state index contributed by atoms with van der Waals surface area (Å²) in [5.41, 5.74) is 0.850. The van der Waals surface area contributed by atoms with Gasteiger partial charge in [0.25, 0.3) is 0 Å². The lowest BCUT2D eigenvalue weighted by Gasteiger charge is -2.23. The monoisotopic (exact) mass is 307 g/mol. The molecule has 1 unspecified atom stereocenters. The van der Waals surface area contributed by atoms with Crippen LogP contribution in [-0.4, -0.2) is 26.6 Å². The quantitative estimate of drug-likeness (QED) is 0.844. The highest BCUT2D eigenvalue weighted by Crippen LogP contribution is 2.26. The Morgan fingerprint density at radius 3 is 2.50 bits per heavy atom. The number of hydrogen-bond donors (Lipinski definition) is 1. The second-order valence-electron chi connectivity index (χ2n) is 3.40. The van der Waals surface area contributed by atoms with E-state index >= 15 is 0 Å². The Morgan fingerprint density at radius 2 is 1.94 bits per heavy atom. The molecule has 0 fully saturated rings. The second-order valence-corrected chi connectivity index (χ2v) is 4.72. The summed E-state index contributed by atoms with van der Waals surface area (Å²) in [6.07, 6.45) is -0.310. The number of halogens is 2. The summed E-state index contributed by atoms with van der Waals surface area (Å²) >= 11 is 9.46. The molecule has 1 atom stereocenters. The van der Waals surface area contributed by atoms with E-state index < -0.39 is 0 Å². The Balaban J connectivity index is 2.75. The molecule has 0 saturated carbocycles. The third-order valence-electron chi connectivity index (χ3n) is 2.18. The van der Waals surface area contributed by atoms with Crippen molar-refractivity contribution in [3.05, 3.63) is 27.7 Å². The average Bonchev–Trinajstić information content (AvgIpc) is 2.25. The van der Waals surface area contributed by atoms with Crippen molar-refractivity contribution in [3.63, 3.8) is 0 Å². The molecule has 16 heavy (non-hydrogen) atoms. The van der Waals surface area contributed by atoms with Crippen molar-refractivity contribution in [3.8, 4) is 0 Å². The maximum Gasteiger partial charge on any atom is 0.176 e. The predicted octanol–water partition coefficient (Wildman–Crippen LogP) is 3.52. The van der Waals surface area contributed by atoms with Gasteiger partial charge in [-0.25, -0.2) is 0 Å². The van der Waals surface area contributed by atoms with Gasteiger partial charge in [-0.1, -0.05) is 27.5 Å². The Labute approximate surface area is 109 Å². The summed E-state index contributed by atoms with van der Waals surface area (Å²) in [5, 5.41) is 3.91. The fourth-order valence-corrected chi connectivity index (χ4v) is 1.96. The van der Waals surface area contributed by atoms with Gasteiger partial charge in [0.1, 0.15) is 0 Å². The van der Waals surface area contributed by atoms with Gasteiger partial charge in [0.15, 0.2) is 6.29 Å². The molecule has 0 spiro atoms. The Kier molecular flexibility index (Phi) is 5.55. The summed E-state index contributed by atoms with van der Waals surface area (Å²) in [6.45, 7) is 1.97. The molecular weight excluding hydrogens is 293 g/mol. The first-order chi connectivity index (χ1) is 7.58. The molecule has 0 aliphatic heterocycles. The van der Waals surface area contributed by atoms with Crippen molar-refractivity contribution in [2.45, 2.75) is 19.3 Å². The Morgan fingerprint density at radius 1 is 1.31 bits per heavy atom. The molecule has 90 valence electrons. The Bertz CT molecular complexity index is 345. The van der Waals surface area contributed by atoms with E-state index in [9.17, 15) is 0 Å². The van der Waals surface area contributed by atoms with E-state index in [0.717, 1.165) is 10.2 Å². The van der Waals surface area contributed by atoms with Crippen molar-refractivity contribution >= 4 is 33.2 Å². The molecule has 1 rings (SSSR count). The number of ether oxygens (including phenoxy) is 2. The van der Waals surface area contributed by atoms with Crippen LogP contribution in [-0.2, 0) is 9.47 Å². The lowest BCUT2D eigenvalue weighted by atomic mass is 10.2. The molecule has 1 aromatic rings. The SMILES string of the molecule is COC(OC)C(C)Nc1cc(Br)ccc1Cl. The van der Waals surface area contributed by atoms with Gasteiger partial charge in [0, 0.05) is 18.7 Å². The molecule has 0 bridgehead atoms. The van der Waals surface area contributed by atoms with Gasteiger partial charge in [-0.2, -0.15) is 0 Å². The largest absolute Gasteiger partial charge is 0.376 e. The fraction of sp³-hybridized carbons (Fsp3) is 0.455. The number of methoxy groups -OCH3 is 2. The number of hydrogen-bond acceptors (Lipinski definition) is 3. The molecule has 0 heterocycles. The van der Waals surface area contributed by atoms with Crippen LogP contribution in [0.4, 0.5) is 5.69 Å². The minimum atomic E-state index is -0.310. The van der Waals surface area contributed by atoms with Crippen molar-refractivity contribution in [1.82, 2.24) is 0 Å². The third kappa shape index (κ3) is 3.63. The van der Waals surface area contributed by atoms with Crippen LogP contribution in [0.15, 0.2) is 22.7 Å². The smallest absolute Gasteiger partial charge is 0.176 e. The molecule has 0 aliphatic carbocycles. The van der Waals surface area contributed by atoms with Crippen molar-refractivity contribution in [1.29, 1.82) is 0 Å². The first-order valence-corrected chi connectivity index (χ1v) is 6.02. The maximum absolute atomic E-state index is 6.07. The van der Waals surface area contributed by atoms with Crippen LogP contribution in [0.3, 0.4) is 0 Å². The summed E-state index contributed by atoms with van der Waals surface area (Å²) in [6, 6.07) is 5.64. The number of anilines is 1. The van der Waals surface area contributed by atoms with E-state index in [-0.39, 0.29) is 12.3 Å². The standard InChI is InChI=1S/C11H15BrClNO2/c1-7(11(15-2)16-3)14-10-6-8(12)4-5-9(10)13/h4-7,11,14H,1-3H3. The van der Waals surface area contributed by atoms with Gasteiger partial charge >= 0.3 is 0 Å². The molecule has 0 aromatic heterocycles. The van der Waals surface area contributed by atoms with Crippen LogP contribution < -0.4 is 5.32 Å². The van der Waals surface area contributed by atoms with E-state index in [2.05, 4.69) is 21.2 Å². The zero-order valence-corrected chi connectivity index (χ0v) is 11.8. The molecule has 1 N–H and O–H groups in total. The van der Waals surface area contributed by atoms with Gasteiger partial charge in [0.2, 0.25) is 0 Å². The molecule has 3 nitrogen and oxygen atoms in total. The summed E-state index contributed by atoms with van der Waals surface area (Å²) in [7, 11) is 3.21. The lowest BCUT2D eigenvalue weighted by Crippen LogP contribution is -2.33. The molecule has 0 amide bonds. The highest BCUT2D eigenvalue weighted by molar-refractivity contribution is 9.10. The van der Waals surface area contributed by atoms with Crippen LogP contribution >= 0.6 is 27.5 Å². The van der Waals surface area contributed by atoms with Gasteiger partial charge in [-0.3, -0.25) is 0 Å². The minimum Gasteiger partial charge on any atom is -0.376 e. The van der Waals surface area contributed by atoms with Gasteiger partial charge in [-0.05, 0) is 25.1 Å². The van der Waals surface area contributed by atoms with Crippen LogP contribution in [0, 0.1) is 0 Å². The number of rotatable bonds is 5. The number of nitrogens with one attached hydrogen (secondary N) is 1. The first-order valence-electron chi connectivity index (χ1n) is 4.85. The first kappa shape index (κ1) is 13.8. The highest BCUT2D eigenvalue weighted by atomic mass is 79.9. The zero-order valence-electron chi connectivity index (χ0n) is 9.46. The third-order valence-corrected chi connectivity index (χ3v) is 3.01. The molecule has 5 heteroatoms. The van der Waals surface area contributed by atoms with Crippen LogP contribution in [0.1, 0.15) is 6.92 Å². The summed E-state index contributed by atoms with van der Waals surface area (Å²) in [5.74, 6) is 0. The van der Waals surface area contributed by atoms with Crippen molar-refractivity contribution in [2.75, 3.05) is 19.5 Å². The second kappa shape index (κ2) is 6.45. The van der Waals surface area contributed by atoms with E-state index in [1.54, 1.807) is 14.2 Å². The zero-order chi connectivity index (χ0) is 12.1. The van der Waals surface area contributed by atoms with Crippen LogP contribution in [0.25, 0.3) is 0 Å². The normalized spacial score (nSPS) is 12.9. The molecule has 0 radical (unpaired) electrons. The predicted molar refractivity (Wildman–Crippen MR) is 70.0 cm³/mol. The van der Waals surface area contributed by atoms with E-state index in [0.29, 0.717) is 5.02 Å². The summed E-state index contributed by atoms with van der Waals surface area (Å²) < 4.78 is 11.3. The highest BCUT2D eigenvalue weighted by Gasteiger charge is 2.16. The average molecular weight is 309 g/mol. The van der Waals surface area contributed by atoms with Gasteiger partial charge in [0.05, 0.1) is 16.8 Å². The Hall–Kier alpha value is -0.290. The van der Waals surface area contributed by atoms with Crippen molar-refractivity contribution < 1.29 is 9.47 Å². The molecule has 0 aliphatic rings. The van der Waals surface area contributed by atoms with Crippen LogP contribution in [0.2, 0.25) is 5.02 Å². The molecular formula is C11H15BrClNO2. The maximum atomic E-state index is 6.07. The van der Waals surface area contributed by atoms with E-state index in [1.165, 1.54) is 0 Å². The molecule has 0 saturated heterocycles. The van der Waals surface area contributed by atoms with Gasteiger partial charge < -0.3 is 14.8 Å². The van der Waals surface area contributed by atoms with Crippen LogP contribution in [0.5, 0.6) is 0 Å². The molecule has 1 aromatic carbocycles. The van der Waals surface area contributed by atoms with E-state index in [1.807, 2.05) is 25.1 Å². The summed E-state index contributed by atoms with van der Waals surface area (Å²) in [4.78, 5) is 0. The topological polar surface area (TPSA) is 30.5 Å². The van der Waals surface area contributed by atoms with E-state index in [4.69, 9.17) is 21.1 Å².